The van der Waals surface area contributed by atoms with E-state index in [1.54, 1.807) is 0 Å². The predicted molar refractivity (Wildman–Crippen MR) is 118 cm³/mol. The molecular formula is C25H32N2O2. The van der Waals surface area contributed by atoms with Gasteiger partial charge >= 0.3 is 0 Å². The summed E-state index contributed by atoms with van der Waals surface area (Å²) in [6.45, 7) is 9.86. The fraction of sp³-hybridized carbons (Fsp3) is 0.440. The third-order valence-electron chi connectivity index (χ3n) is 5.71. The van der Waals surface area contributed by atoms with Crippen LogP contribution in [0.15, 0.2) is 48.5 Å². The molecule has 2 aromatic carbocycles. The van der Waals surface area contributed by atoms with E-state index in [1.165, 1.54) is 11.1 Å². The average molecular weight is 393 g/mol. The second-order valence-corrected chi connectivity index (χ2v) is 9.13. The summed E-state index contributed by atoms with van der Waals surface area (Å²) in [6.07, 6.45) is 1.86. The molecule has 0 aromatic heterocycles. The number of hydrogen-bond acceptors (Lipinski definition) is 2. The Morgan fingerprint density at radius 1 is 0.966 bits per heavy atom. The van der Waals surface area contributed by atoms with Crippen LogP contribution in [0.4, 0.5) is 5.69 Å². The number of benzene rings is 2. The largest absolute Gasteiger partial charge is 0.342 e. The standard InChI is InChI=1S/C25H32N2O2/c1-18-5-7-19(8-6-18)17-23(28)27-15-13-20(14-16-27)24(29)26-22-11-9-21(10-12-22)25(2,3)4/h5-12,20H,13-17H2,1-4H3,(H,26,29). The van der Waals surface area contributed by atoms with Crippen molar-refractivity contribution >= 4 is 17.5 Å². The normalized spacial score (nSPS) is 15.2. The topological polar surface area (TPSA) is 49.4 Å². The molecule has 2 aromatic rings. The van der Waals surface area contributed by atoms with Crippen molar-refractivity contribution in [2.45, 2.75) is 52.4 Å². The molecule has 29 heavy (non-hydrogen) atoms. The van der Waals surface area contributed by atoms with Crippen molar-refractivity contribution in [2.75, 3.05) is 18.4 Å². The van der Waals surface area contributed by atoms with Gasteiger partial charge in [-0.15, -0.1) is 0 Å². The number of amides is 2. The van der Waals surface area contributed by atoms with Crippen LogP contribution in [0.5, 0.6) is 0 Å². The van der Waals surface area contributed by atoms with E-state index in [-0.39, 0.29) is 23.1 Å². The van der Waals surface area contributed by atoms with Crippen molar-refractivity contribution in [3.8, 4) is 0 Å². The fourth-order valence-corrected chi connectivity index (χ4v) is 3.68. The first-order valence-electron chi connectivity index (χ1n) is 10.5. The summed E-state index contributed by atoms with van der Waals surface area (Å²) in [5.74, 6) is 0.158. The number of anilines is 1. The Balaban J connectivity index is 1.49. The van der Waals surface area contributed by atoms with E-state index < -0.39 is 0 Å². The molecule has 0 bridgehead atoms. The first-order valence-corrected chi connectivity index (χ1v) is 10.5. The van der Waals surface area contributed by atoms with Crippen LogP contribution >= 0.6 is 0 Å². The summed E-state index contributed by atoms with van der Waals surface area (Å²) in [4.78, 5) is 27.1. The van der Waals surface area contributed by atoms with E-state index in [0.717, 1.165) is 11.3 Å². The lowest BCUT2D eigenvalue weighted by Gasteiger charge is -2.31. The zero-order valence-corrected chi connectivity index (χ0v) is 18.0. The van der Waals surface area contributed by atoms with Crippen molar-refractivity contribution in [3.05, 3.63) is 65.2 Å². The van der Waals surface area contributed by atoms with Crippen LogP contribution in [0.1, 0.15) is 50.3 Å². The maximum atomic E-state index is 12.6. The summed E-state index contributed by atoms with van der Waals surface area (Å²) in [5, 5.41) is 3.04. The number of nitrogens with one attached hydrogen (secondary N) is 1. The predicted octanol–water partition coefficient (Wildman–Crippen LogP) is 4.71. The van der Waals surface area contributed by atoms with E-state index in [2.05, 4.69) is 38.2 Å². The molecule has 1 N–H and O–H groups in total. The molecule has 1 fully saturated rings. The number of carbonyl (C=O) groups is 2. The van der Waals surface area contributed by atoms with E-state index in [9.17, 15) is 9.59 Å². The third-order valence-corrected chi connectivity index (χ3v) is 5.71. The molecular weight excluding hydrogens is 360 g/mol. The van der Waals surface area contributed by atoms with Crippen molar-refractivity contribution in [3.63, 3.8) is 0 Å². The van der Waals surface area contributed by atoms with Gasteiger partial charge in [-0.25, -0.2) is 0 Å². The van der Waals surface area contributed by atoms with Gasteiger partial charge in [0.2, 0.25) is 11.8 Å². The highest BCUT2D eigenvalue weighted by Gasteiger charge is 2.27. The molecule has 1 saturated heterocycles. The molecule has 0 unspecified atom stereocenters. The molecule has 0 radical (unpaired) electrons. The van der Waals surface area contributed by atoms with Crippen LogP contribution < -0.4 is 5.32 Å². The minimum Gasteiger partial charge on any atom is -0.342 e. The lowest BCUT2D eigenvalue weighted by atomic mass is 9.87. The Morgan fingerprint density at radius 3 is 2.10 bits per heavy atom. The molecule has 4 heteroatoms. The Kier molecular flexibility index (Phi) is 6.41. The molecule has 4 nitrogen and oxygen atoms in total. The SMILES string of the molecule is Cc1ccc(CC(=O)N2CCC(C(=O)Nc3ccc(C(C)(C)C)cc3)CC2)cc1. The fourth-order valence-electron chi connectivity index (χ4n) is 3.68. The van der Waals surface area contributed by atoms with Crippen LogP contribution in [-0.4, -0.2) is 29.8 Å². The zero-order valence-electron chi connectivity index (χ0n) is 18.0. The Labute approximate surface area is 174 Å². The zero-order chi connectivity index (χ0) is 21.0. The van der Waals surface area contributed by atoms with Gasteiger partial charge in [-0.3, -0.25) is 9.59 Å². The Morgan fingerprint density at radius 2 is 1.55 bits per heavy atom. The van der Waals surface area contributed by atoms with Crippen LogP contribution in [0.3, 0.4) is 0 Å². The monoisotopic (exact) mass is 392 g/mol. The minimum absolute atomic E-state index is 0.0410. The maximum absolute atomic E-state index is 12.6. The molecule has 2 amide bonds. The molecule has 0 aliphatic carbocycles. The number of carbonyl (C=O) groups excluding carboxylic acids is 2. The summed E-state index contributed by atoms with van der Waals surface area (Å²) >= 11 is 0. The highest BCUT2D eigenvalue weighted by Crippen LogP contribution is 2.25. The lowest BCUT2D eigenvalue weighted by Crippen LogP contribution is -2.42. The molecule has 1 heterocycles. The number of nitrogens with zero attached hydrogens (tertiary/aromatic N) is 1. The number of likely N-dealkylation sites (tertiary alicyclic amines) is 1. The first kappa shape index (κ1) is 21.1. The number of piperidine rings is 1. The van der Waals surface area contributed by atoms with Crippen LogP contribution in [0, 0.1) is 12.8 Å². The molecule has 0 atom stereocenters. The van der Waals surface area contributed by atoms with Crippen molar-refractivity contribution in [2.24, 2.45) is 5.92 Å². The molecule has 1 aliphatic rings. The van der Waals surface area contributed by atoms with Gasteiger partial charge in [0.05, 0.1) is 6.42 Å². The second kappa shape index (κ2) is 8.81. The van der Waals surface area contributed by atoms with Gasteiger partial charge in [0, 0.05) is 24.7 Å². The van der Waals surface area contributed by atoms with Crippen LogP contribution in [0.2, 0.25) is 0 Å². The molecule has 0 saturated carbocycles. The van der Waals surface area contributed by atoms with Crippen LogP contribution in [-0.2, 0) is 21.4 Å². The third kappa shape index (κ3) is 5.69. The minimum atomic E-state index is -0.0410. The lowest BCUT2D eigenvalue weighted by molar-refractivity contribution is -0.133. The first-order chi connectivity index (χ1) is 13.7. The molecule has 3 rings (SSSR count). The van der Waals surface area contributed by atoms with Crippen molar-refractivity contribution < 1.29 is 9.59 Å². The van der Waals surface area contributed by atoms with Gasteiger partial charge < -0.3 is 10.2 Å². The smallest absolute Gasteiger partial charge is 0.227 e. The summed E-state index contributed by atoms with van der Waals surface area (Å²) in [6, 6.07) is 16.2. The highest BCUT2D eigenvalue weighted by molar-refractivity contribution is 5.92. The maximum Gasteiger partial charge on any atom is 0.227 e. The van der Waals surface area contributed by atoms with Crippen molar-refractivity contribution in [1.29, 1.82) is 0 Å². The van der Waals surface area contributed by atoms with Gasteiger partial charge in [-0.1, -0.05) is 62.7 Å². The highest BCUT2D eigenvalue weighted by atomic mass is 16.2. The van der Waals surface area contributed by atoms with Gasteiger partial charge in [0.1, 0.15) is 0 Å². The van der Waals surface area contributed by atoms with Gasteiger partial charge in [-0.05, 0) is 48.4 Å². The molecule has 154 valence electrons. The summed E-state index contributed by atoms with van der Waals surface area (Å²) in [5.41, 5.74) is 4.41. The average Bonchev–Trinajstić information content (AvgIpc) is 2.69. The summed E-state index contributed by atoms with van der Waals surface area (Å²) in [7, 11) is 0. The van der Waals surface area contributed by atoms with E-state index >= 15 is 0 Å². The van der Waals surface area contributed by atoms with E-state index in [4.69, 9.17) is 0 Å². The van der Waals surface area contributed by atoms with E-state index in [0.29, 0.717) is 32.4 Å². The van der Waals surface area contributed by atoms with Gasteiger partial charge in [0.25, 0.3) is 0 Å². The molecule has 0 spiro atoms. The number of aryl methyl sites for hydroxylation is 1. The molecule has 1 aliphatic heterocycles. The number of hydrogen-bond donors (Lipinski definition) is 1. The Bertz CT molecular complexity index is 840. The van der Waals surface area contributed by atoms with Crippen molar-refractivity contribution in [1.82, 2.24) is 4.90 Å². The second-order valence-electron chi connectivity index (χ2n) is 9.13. The van der Waals surface area contributed by atoms with Gasteiger partial charge in [0.15, 0.2) is 0 Å². The van der Waals surface area contributed by atoms with Crippen LogP contribution in [0.25, 0.3) is 0 Å². The summed E-state index contributed by atoms with van der Waals surface area (Å²) < 4.78 is 0. The number of rotatable bonds is 4. The van der Waals surface area contributed by atoms with Gasteiger partial charge in [-0.2, -0.15) is 0 Å². The van der Waals surface area contributed by atoms with E-state index in [1.807, 2.05) is 48.2 Å². The Hall–Kier alpha value is -2.62. The quantitative estimate of drug-likeness (QED) is 0.819.